The van der Waals surface area contributed by atoms with Gasteiger partial charge in [0.1, 0.15) is 0 Å². The molecule has 80 valence electrons. The third-order valence-electron chi connectivity index (χ3n) is 1.72. The molecule has 2 N–H and O–H groups in total. The molecule has 0 heterocycles. The van der Waals surface area contributed by atoms with Crippen LogP contribution in [0, 0.1) is 0 Å². The average molecular weight is 225 g/mol. The fourth-order valence-corrected chi connectivity index (χ4v) is 1.00. The largest absolute Gasteiger partial charge is 0.368 e. The second kappa shape index (κ2) is 5.36. The van der Waals surface area contributed by atoms with Crippen molar-refractivity contribution in [2.24, 2.45) is 15.9 Å². The quantitative estimate of drug-likeness (QED) is 0.471. The van der Waals surface area contributed by atoms with Gasteiger partial charge in [-0.1, -0.05) is 29.8 Å². The van der Waals surface area contributed by atoms with Crippen molar-refractivity contribution in [3.05, 3.63) is 34.9 Å². The summed E-state index contributed by atoms with van der Waals surface area (Å²) in [6, 6.07) is 7.39. The van der Waals surface area contributed by atoms with E-state index in [9.17, 15) is 0 Å². The first-order valence-corrected chi connectivity index (χ1v) is 4.77. The summed E-state index contributed by atoms with van der Waals surface area (Å²) in [5.74, 6) is 0.346. The number of halogens is 1. The molecule has 0 amide bonds. The van der Waals surface area contributed by atoms with Crippen LogP contribution in [-0.4, -0.2) is 31.2 Å². The first kappa shape index (κ1) is 11.5. The van der Waals surface area contributed by atoms with E-state index < -0.39 is 0 Å². The minimum absolute atomic E-state index is 0.346. The predicted octanol–water partition coefficient (Wildman–Crippen LogP) is 1.55. The number of benzene rings is 1. The molecule has 15 heavy (non-hydrogen) atoms. The lowest BCUT2D eigenvalue weighted by Gasteiger charge is -2.07. The summed E-state index contributed by atoms with van der Waals surface area (Å²) >= 11 is 5.92. The monoisotopic (exact) mass is 224 g/mol. The first-order valence-electron chi connectivity index (χ1n) is 4.39. The Kier molecular flexibility index (Phi) is 4.12. The normalized spacial score (nSPS) is 12.1. The van der Waals surface area contributed by atoms with Gasteiger partial charge in [0.25, 0.3) is 0 Å². The van der Waals surface area contributed by atoms with Crippen LogP contribution in [-0.2, 0) is 0 Å². The molecule has 0 fully saturated rings. The molecule has 0 saturated carbocycles. The van der Waals surface area contributed by atoms with Gasteiger partial charge in [0.15, 0.2) is 0 Å². The summed E-state index contributed by atoms with van der Waals surface area (Å²) < 4.78 is 0. The molecule has 0 aliphatic heterocycles. The lowest BCUT2D eigenvalue weighted by Crippen LogP contribution is -2.29. The average Bonchev–Trinajstić information content (AvgIpc) is 2.20. The smallest absolute Gasteiger partial charge is 0.215 e. The number of rotatable bonds is 2. The Bertz CT molecular complexity index is 385. The van der Waals surface area contributed by atoms with Crippen LogP contribution >= 0.6 is 11.6 Å². The van der Waals surface area contributed by atoms with Crippen LogP contribution < -0.4 is 5.73 Å². The molecule has 1 rings (SSSR count). The Morgan fingerprint density at radius 3 is 2.67 bits per heavy atom. The van der Waals surface area contributed by atoms with Crippen molar-refractivity contribution in [1.29, 1.82) is 0 Å². The van der Waals surface area contributed by atoms with Crippen molar-refractivity contribution >= 4 is 23.8 Å². The minimum atomic E-state index is 0.346. The van der Waals surface area contributed by atoms with Gasteiger partial charge in [0.05, 0.1) is 6.21 Å². The molecule has 0 aromatic heterocycles. The number of hydrogen-bond acceptors (Lipinski definition) is 2. The highest BCUT2D eigenvalue weighted by molar-refractivity contribution is 6.33. The molecule has 1 aromatic rings. The van der Waals surface area contributed by atoms with Gasteiger partial charge in [-0.3, -0.25) is 0 Å². The maximum atomic E-state index is 5.92. The number of guanidine groups is 1. The van der Waals surface area contributed by atoms with Crippen LogP contribution in [0.25, 0.3) is 0 Å². The molecule has 5 heteroatoms. The second-order valence-electron chi connectivity index (χ2n) is 3.12. The van der Waals surface area contributed by atoms with Crippen molar-refractivity contribution in [1.82, 2.24) is 4.90 Å². The molecule has 0 unspecified atom stereocenters. The van der Waals surface area contributed by atoms with E-state index in [-0.39, 0.29) is 0 Å². The Labute approximate surface area is 94.1 Å². The molecule has 0 atom stereocenters. The molecule has 4 nitrogen and oxygen atoms in total. The van der Waals surface area contributed by atoms with E-state index in [1.807, 2.05) is 18.2 Å². The SMILES string of the molecule is CN(C)/C(N)=N/N=Cc1ccccc1Cl. The Balaban J connectivity index is 2.75. The van der Waals surface area contributed by atoms with E-state index in [0.29, 0.717) is 11.0 Å². The maximum absolute atomic E-state index is 5.92. The third-order valence-corrected chi connectivity index (χ3v) is 2.06. The Hall–Kier alpha value is -1.55. The summed E-state index contributed by atoms with van der Waals surface area (Å²) in [5, 5.41) is 8.27. The lowest BCUT2D eigenvalue weighted by atomic mass is 10.2. The number of nitrogens with zero attached hydrogens (tertiary/aromatic N) is 3. The van der Waals surface area contributed by atoms with Crippen molar-refractivity contribution in [2.75, 3.05) is 14.1 Å². The van der Waals surface area contributed by atoms with E-state index in [4.69, 9.17) is 17.3 Å². The summed E-state index contributed by atoms with van der Waals surface area (Å²) in [5.41, 5.74) is 6.36. The molecule has 0 spiro atoms. The summed E-state index contributed by atoms with van der Waals surface area (Å²) in [7, 11) is 3.59. The fraction of sp³-hybridized carbons (Fsp3) is 0.200. The highest BCUT2D eigenvalue weighted by atomic mass is 35.5. The van der Waals surface area contributed by atoms with Gasteiger partial charge in [-0.15, -0.1) is 5.10 Å². The van der Waals surface area contributed by atoms with Crippen molar-refractivity contribution in [3.8, 4) is 0 Å². The summed E-state index contributed by atoms with van der Waals surface area (Å²) in [4.78, 5) is 1.67. The predicted molar refractivity (Wildman–Crippen MR) is 64.4 cm³/mol. The van der Waals surface area contributed by atoms with Crippen LogP contribution in [0.15, 0.2) is 34.5 Å². The Morgan fingerprint density at radius 1 is 1.40 bits per heavy atom. The van der Waals surface area contributed by atoms with Crippen molar-refractivity contribution in [3.63, 3.8) is 0 Å². The fourth-order valence-electron chi connectivity index (χ4n) is 0.819. The van der Waals surface area contributed by atoms with Gasteiger partial charge < -0.3 is 10.6 Å². The van der Waals surface area contributed by atoms with Crippen LogP contribution in [0.3, 0.4) is 0 Å². The van der Waals surface area contributed by atoms with E-state index >= 15 is 0 Å². The van der Waals surface area contributed by atoms with Crippen LogP contribution in [0.4, 0.5) is 0 Å². The van der Waals surface area contributed by atoms with E-state index in [1.165, 1.54) is 0 Å². The maximum Gasteiger partial charge on any atom is 0.215 e. The van der Waals surface area contributed by atoms with Gasteiger partial charge in [-0.2, -0.15) is 5.10 Å². The zero-order chi connectivity index (χ0) is 11.3. The highest BCUT2D eigenvalue weighted by Crippen LogP contribution is 2.12. The van der Waals surface area contributed by atoms with Gasteiger partial charge in [0, 0.05) is 24.7 Å². The minimum Gasteiger partial charge on any atom is -0.368 e. The molecule has 0 aliphatic carbocycles. The zero-order valence-corrected chi connectivity index (χ0v) is 9.44. The van der Waals surface area contributed by atoms with Crippen molar-refractivity contribution < 1.29 is 0 Å². The third kappa shape index (κ3) is 3.59. The topological polar surface area (TPSA) is 54.0 Å². The van der Waals surface area contributed by atoms with E-state index in [0.717, 1.165) is 5.56 Å². The number of nitrogens with two attached hydrogens (primary N) is 1. The molecule has 0 radical (unpaired) electrons. The summed E-state index contributed by atoms with van der Waals surface area (Å²) in [6.45, 7) is 0. The van der Waals surface area contributed by atoms with Crippen LogP contribution in [0.5, 0.6) is 0 Å². The van der Waals surface area contributed by atoms with Crippen molar-refractivity contribution in [2.45, 2.75) is 0 Å². The van der Waals surface area contributed by atoms with E-state index in [1.54, 1.807) is 31.3 Å². The van der Waals surface area contributed by atoms with Crippen LogP contribution in [0.1, 0.15) is 5.56 Å². The molecular weight excluding hydrogens is 212 g/mol. The Morgan fingerprint density at radius 2 is 2.07 bits per heavy atom. The molecule has 0 aliphatic rings. The van der Waals surface area contributed by atoms with Gasteiger partial charge in [0.2, 0.25) is 5.96 Å². The van der Waals surface area contributed by atoms with Crippen LogP contribution in [0.2, 0.25) is 5.02 Å². The first-order chi connectivity index (χ1) is 7.11. The van der Waals surface area contributed by atoms with Gasteiger partial charge in [-0.05, 0) is 6.07 Å². The number of hydrogen-bond donors (Lipinski definition) is 1. The zero-order valence-electron chi connectivity index (χ0n) is 8.68. The van der Waals surface area contributed by atoms with Gasteiger partial charge >= 0.3 is 0 Å². The summed E-state index contributed by atoms with van der Waals surface area (Å²) in [6.07, 6.45) is 1.57. The lowest BCUT2D eigenvalue weighted by molar-refractivity contribution is 0.611. The molecule has 0 saturated heterocycles. The van der Waals surface area contributed by atoms with Gasteiger partial charge in [-0.25, -0.2) is 0 Å². The second-order valence-corrected chi connectivity index (χ2v) is 3.53. The molecule has 1 aromatic carbocycles. The molecular formula is C10H13ClN4. The standard InChI is InChI=1S/C10H13ClN4/c1-15(2)10(12)14-13-7-8-5-3-4-6-9(8)11/h3-7H,1-2H3,(H2,12,14). The highest BCUT2D eigenvalue weighted by Gasteiger charge is 1.94. The molecule has 0 bridgehead atoms. The van der Waals surface area contributed by atoms with E-state index in [2.05, 4.69) is 10.2 Å².